The molecule has 1 aliphatic rings. The van der Waals surface area contributed by atoms with Gasteiger partial charge in [0.1, 0.15) is 17.3 Å². The average Bonchev–Trinajstić information content (AvgIpc) is 2.64. The molecule has 2 N–H and O–H groups in total. The van der Waals surface area contributed by atoms with Crippen molar-refractivity contribution in [2.45, 2.75) is 6.92 Å². The largest absolute Gasteiger partial charge is 0.379 e. The van der Waals surface area contributed by atoms with Gasteiger partial charge in [0.05, 0.1) is 13.2 Å². The van der Waals surface area contributed by atoms with Crippen molar-refractivity contribution in [1.82, 2.24) is 14.9 Å². The Bertz CT molecular complexity index is 748. The summed E-state index contributed by atoms with van der Waals surface area (Å²) in [5.41, 5.74) is 0.985. The molecule has 1 amide bonds. The number of hydrogen-bond donors (Lipinski definition) is 2. The molecule has 2 heterocycles. The fourth-order valence-electron chi connectivity index (χ4n) is 2.67. The van der Waals surface area contributed by atoms with Crippen molar-refractivity contribution in [2.75, 3.05) is 50.0 Å². The van der Waals surface area contributed by atoms with Crippen LogP contribution in [0.15, 0.2) is 30.3 Å². The minimum atomic E-state index is -0.283. The van der Waals surface area contributed by atoms with Crippen LogP contribution in [0.4, 0.5) is 11.5 Å². The highest BCUT2D eigenvalue weighted by atomic mass is 35.5. The van der Waals surface area contributed by atoms with E-state index >= 15 is 0 Å². The van der Waals surface area contributed by atoms with Gasteiger partial charge in [0.25, 0.3) is 5.91 Å². The van der Waals surface area contributed by atoms with Crippen LogP contribution in [0, 0.1) is 6.92 Å². The number of amides is 1. The van der Waals surface area contributed by atoms with Crippen molar-refractivity contribution in [2.24, 2.45) is 0 Å². The number of carbonyl (C=O) groups excluding carboxylic acids is 1. The molecule has 1 aromatic carbocycles. The molecule has 1 aromatic heterocycles. The minimum Gasteiger partial charge on any atom is -0.379 e. The summed E-state index contributed by atoms with van der Waals surface area (Å²) in [6.45, 7) is 6.86. The van der Waals surface area contributed by atoms with E-state index in [0.29, 0.717) is 28.0 Å². The maximum Gasteiger partial charge on any atom is 0.274 e. The molecule has 7 nitrogen and oxygen atoms in total. The Morgan fingerprint density at radius 2 is 1.96 bits per heavy atom. The molecule has 1 saturated heterocycles. The number of hydrogen-bond acceptors (Lipinski definition) is 6. The normalized spacial score (nSPS) is 14.8. The van der Waals surface area contributed by atoms with Gasteiger partial charge in [-0.15, -0.1) is 0 Å². The number of aryl methyl sites for hydroxylation is 1. The fraction of sp³-hybridized carbons (Fsp3) is 0.389. The SMILES string of the molecule is Cc1nc(NCCN2CCOCC2)cc(C(=O)Nc2ccc(Cl)cc2)n1. The van der Waals surface area contributed by atoms with E-state index in [0.717, 1.165) is 39.4 Å². The van der Waals surface area contributed by atoms with E-state index in [9.17, 15) is 4.79 Å². The van der Waals surface area contributed by atoms with E-state index in [1.54, 1.807) is 37.3 Å². The standard InChI is InChI=1S/C18H22ClN5O2/c1-13-21-16(18(25)23-15-4-2-14(19)3-5-15)12-17(22-13)20-6-7-24-8-10-26-11-9-24/h2-5,12H,6-11H2,1H3,(H,23,25)(H,20,21,22). The summed E-state index contributed by atoms with van der Waals surface area (Å²) in [5.74, 6) is 0.906. The van der Waals surface area contributed by atoms with Gasteiger partial charge in [-0.3, -0.25) is 9.69 Å². The molecule has 3 rings (SSSR count). The molecule has 1 aliphatic heterocycles. The van der Waals surface area contributed by atoms with Gasteiger partial charge in [0, 0.05) is 43.0 Å². The number of nitrogens with one attached hydrogen (secondary N) is 2. The van der Waals surface area contributed by atoms with E-state index in [1.165, 1.54) is 0 Å². The topological polar surface area (TPSA) is 79.4 Å². The monoisotopic (exact) mass is 375 g/mol. The minimum absolute atomic E-state index is 0.283. The van der Waals surface area contributed by atoms with Gasteiger partial charge < -0.3 is 15.4 Å². The van der Waals surface area contributed by atoms with E-state index < -0.39 is 0 Å². The lowest BCUT2D eigenvalue weighted by molar-refractivity contribution is 0.0398. The molecular formula is C18H22ClN5O2. The number of aromatic nitrogens is 2. The Labute approximate surface area is 157 Å². The predicted molar refractivity (Wildman–Crippen MR) is 102 cm³/mol. The zero-order chi connectivity index (χ0) is 18.4. The Morgan fingerprint density at radius 3 is 2.69 bits per heavy atom. The van der Waals surface area contributed by atoms with E-state index in [2.05, 4.69) is 25.5 Å². The highest BCUT2D eigenvalue weighted by molar-refractivity contribution is 6.30. The average molecular weight is 376 g/mol. The van der Waals surface area contributed by atoms with Crippen LogP contribution in [0.2, 0.25) is 5.02 Å². The molecule has 0 atom stereocenters. The first-order valence-corrected chi connectivity index (χ1v) is 8.94. The lowest BCUT2D eigenvalue weighted by Crippen LogP contribution is -2.39. The van der Waals surface area contributed by atoms with Crippen molar-refractivity contribution in [1.29, 1.82) is 0 Å². The predicted octanol–water partition coefficient (Wildman–Crippen LogP) is 2.43. The number of ether oxygens (including phenoxy) is 1. The maximum absolute atomic E-state index is 12.4. The number of benzene rings is 1. The molecule has 0 bridgehead atoms. The van der Waals surface area contributed by atoms with Crippen molar-refractivity contribution in [3.63, 3.8) is 0 Å². The van der Waals surface area contributed by atoms with Crippen LogP contribution in [0.3, 0.4) is 0 Å². The van der Waals surface area contributed by atoms with Gasteiger partial charge >= 0.3 is 0 Å². The molecule has 0 spiro atoms. The molecular weight excluding hydrogens is 354 g/mol. The van der Waals surface area contributed by atoms with Crippen molar-refractivity contribution < 1.29 is 9.53 Å². The van der Waals surface area contributed by atoms with Gasteiger partial charge in [0.15, 0.2) is 0 Å². The first-order chi connectivity index (χ1) is 12.6. The first-order valence-electron chi connectivity index (χ1n) is 8.57. The van der Waals surface area contributed by atoms with Gasteiger partial charge in [0.2, 0.25) is 0 Å². The molecule has 0 radical (unpaired) electrons. The van der Waals surface area contributed by atoms with Crippen molar-refractivity contribution >= 4 is 29.0 Å². The van der Waals surface area contributed by atoms with Gasteiger partial charge in [-0.2, -0.15) is 0 Å². The Hall–Kier alpha value is -2.22. The highest BCUT2D eigenvalue weighted by Gasteiger charge is 2.12. The number of nitrogens with zero attached hydrogens (tertiary/aromatic N) is 3. The second-order valence-corrected chi connectivity index (χ2v) is 6.46. The molecule has 138 valence electrons. The summed E-state index contributed by atoms with van der Waals surface area (Å²) >= 11 is 5.86. The summed E-state index contributed by atoms with van der Waals surface area (Å²) < 4.78 is 5.34. The fourth-order valence-corrected chi connectivity index (χ4v) is 2.80. The summed E-state index contributed by atoms with van der Waals surface area (Å²) in [6.07, 6.45) is 0. The number of rotatable bonds is 6. The quantitative estimate of drug-likeness (QED) is 0.807. The molecule has 26 heavy (non-hydrogen) atoms. The van der Waals surface area contributed by atoms with Gasteiger partial charge in [-0.25, -0.2) is 9.97 Å². The Kier molecular flexibility index (Phi) is 6.38. The van der Waals surface area contributed by atoms with E-state index in [1.807, 2.05) is 0 Å². The highest BCUT2D eigenvalue weighted by Crippen LogP contribution is 2.15. The molecule has 0 aliphatic carbocycles. The lowest BCUT2D eigenvalue weighted by Gasteiger charge is -2.26. The van der Waals surface area contributed by atoms with Crippen molar-refractivity contribution in [3.8, 4) is 0 Å². The molecule has 2 aromatic rings. The third-order valence-corrected chi connectivity index (χ3v) is 4.26. The van der Waals surface area contributed by atoms with Crippen LogP contribution in [-0.4, -0.2) is 60.2 Å². The van der Waals surface area contributed by atoms with Crippen LogP contribution in [0.1, 0.15) is 16.3 Å². The number of halogens is 1. The molecule has 8 heteroatoms. The summed E-state index contributed by atoms with van der Waals surface area (Å²) in [4.78, 5) is 23.4. The zero-order valence-electron chi connectivity index (χ0n) is 14.7. The summed E-state index contributed by atoms with van der Waals surface area (Å²) in [7, 11) is 0. The third kappa shape index (κ3) is 5.39. The molecule has 1 fully saturated rings. The summed E-state index contributed by atoms with van der Waals surface area (Å²) in [5, 5.41) is 6.70. The second kappa shape index (κ2) is 8.93. The van der Waals surface area contributed by atoms with E-state index in [4.69, 9.17) is 16.3 Å². The third-order valence-electron chi connectivity index (χ3n) is 4.01. The number of morpholine rings is 1. The van der Waals surface area contributed by atoms with Crippen LogP contribution in [0.25, 0.3) is 0 Å². The number of carbonyl (C=O) groups is 1. The Balaban J connectivity index is 1.59. The number of anilines is 2. The van der Waals surface area contributed by atoms with Crippen LogP contribution in [-0.2, 0) is 4.74 Å². The van der Waals surface area contributed by atoms with Gasteiger partial charge in [-0.05, 0) is 31.2 Å². The zero-order valence-corrected chi connectivity index (χ0v) is 15.4. The lowest BCUT2D eigenvalue weighted by atomic mass is 10.3. The van der Waals surface area contributed by atoms with E-state index in [-0.39, 0.29) is 5.91 Å². The smallest absolute Gasteiger partial charge is 0.274 e. The maximum atomic E-state index is 12.4. The Morgan fingerprint density at radius 1 is 1.23 bits per heavy atom. The molecule has 0 unspecified atom stereocenters. The van der Waals surface area contributed by atoms with Gasteiger partial charge in [-0.1, -0.05) is 11.6 Å². The molecule has 0 saturated carbocycles. The van der Waals surface area contributed by atoms with Crippen molar-refractivity contribution in [3.05, 3.63) is 46.9 Å². The first kappa shape index (κ1) is 18.6. The van der Waals surface area contributed by atoms with Crippen LogP contribution < -0.4 is 10.6 Å². The van der Waals surface area contributed by atoms with Crippen LogP contribution in [0.5, 0.6) is 0 Å². The summed E-state index contributed by atoms with van der Waals surface area (Å²) in [6, 6.07) is 8.60. The second-order valence-electron chi connectivity index (χ2n) is 6.03. The van der Waals surface area contributed by atoms with Crippen LogP contribution >= 0.6 is 11.6 Å².